The van der Waals surface area contributed by atoms with E-state index in [0.717, 1.165) is 0 Å². The lowest BCUT2D eigenvalue weighted by Crippen LogP contribution is -2.42. The average molecular weight is 342 g/mol. The minimum atomic E-state index is -3.27. The Morgan fingerprint density at radius 2 is 1.70 bits per heavy atom. The van der Waals surface area contributed by atoms with Crippen molar-refractivity contribution in [2.45, 2.75) is 50.8 Å². The van der Waals surface area contributed by atoms with Gasteiger partial charge in [0.05, 0.1) is 5.25 Å². The fraction of sp³-hybridized carbons (Fsp3) is 0.562. The summed E-state index contributed by atoms with van der Waals surface area (Å²) < 4.78 is 39.3. The third kappa shape index (κ3) is 5.00. The van der Waals surface area contributed by atoms with E-state index in [-0.39, 0.29) is 23.7 Å². The second-order valence-electron chi connectivity index (χ2n) is 6.26. The Kier molecular flexibility index (Phi) is 5.75. The van der Waals surface area contributed by atoms with Crippen LogP contribution in [-0.2, 0) is 14.8 Å². The fourth-order valence-electron chi connectivity index (χ4n) is 2.62. The van der Waals surface area contributed by atoms with Crippen LogP contribution in [0, 0.1) is 11.7 Å². The monoisotopic (exact) mass is 342 g/mol. The van der Waals surface area contributed by atoms with Crippen LogP contribution in [-0.4, -0.2) is 25.6 Å². The first-order valence-corrected chi connectivity index (χ1v) is 9.40. The standard InChI is InChI=1S/C16H23FN2O3S/c1-11(2)23(21,22)19-15-7-3-12(4-8-15)16(20)18-14-9-5-13(17)6-10-14/h5-6,9-12,15,19H,3-4,7-8H2,1-2H3,(H,18,20)/t12-,15-. The molecule has 128 valence electrons. The molecule has 1 aromatic rings. The normalized spacial score (nSPS) is 22.1. The highest BCUT2D eigenvalue weighted by Crippen LogP contribution is 2.26. The number of sulfonamides is 1. The Morgan fingerprint density at radius 1 is 1.13 bits per heavy atom. The molecule has 2 rings (SSSR count). The van der Waals surface area contributed by atoms with Gasteiger partial charge in [-0.1, -0.05) is 0 Å². The van der Waals surface area contributed by atoms with Crippen molar-refractivity contribution in [3.8, 4) is 0 Å². The lowest BCUT2D eigenvalue weighted by molar-refractivity contribution is -0.120. The van der Waals surface area contributed by atoms with Crippen LogP contribution in [0.4, 0.5) is 10.1 Å². The van der Waals surface area contributed by atoms with Crippen molar-refractivity contribution in [3.05, 3.63) is 30.1 Å². The highest BCUT2D eigenvalue weighted by molar-refractivity contribution is 7.90. The van der Waals surface area contributed by atoms with Crippen molar-refractivity contribution in [1.82, 2.24) is 4.72 Å². The van der Waals surface area contributed by atoms with Crippen LogP contribution in [0.2, 0.25) is 0 Å². The van der Waals surface area contributed by atoms with Crippen molar-refractivity contribution < 1.29 is 17.6 Å². The maximum Gasteiger partial charge on any atom is 0.227 e. The van der Waals surface area contributed by atoms with Gasteiger partial charge in [-0.25, -0.2) is 17.5 Å². The Bertz CT molecular complexity index is 636. The molecule has 1 aliphatic rings. The quantitative estimate of drug-likeness (QED) is 0.864. The number of amides is 1. The summed E-state index contributed by atoms with van der Waals surface area (Å²) in [5.74, 6) is -0.581. The molecule has 1 fully saturated rings. The Labute approximate surface area is 136 Å². The molecule has 1 saturated carbocycles. The molecule has 0 aromatic heterocycles. The summed E-state index contributed by atoms with van der Waals surface area (Å²) in [5.41, 5.74) is 0.569. The van der Waals surface area contributed by atoms with Crippen LogP contribution >= 0.6 is 0 Å². The van der Waals surface area contributed by atoms with E-state index >= 15 is 0 Å². The average Bonchev–Trinajstić information content (AvgIpc) is 2.49. The molecule has 1 amide bonds. The van der Waals surface area contributed by atoms with Gasteiger partial charge in [0.1, 0.15) is 5.82 Å². The third-order valence-corrected chi connectivity index (χ3v) is 6.06. The highest BCUT2D eigenvalue weighted by atomic mass is 32.2. The number of hydrogen-bond donors (Lipinski definition) is 2. The van der Waals surface area contributed by atoms with E-state index in [4.69, 9.17) is 0 Å². The number of carbonyl (C=O) groups is 1. The highest BCUT2D eigenvalue weighted by Gasteiger charge is 2.29. The number of benzene rings is 1. The summed E-state index contributed by atoms with van der Waals surface area (Å²) >= 11 is 0. The first-order valence-electron chi connectivity index (χ1n) is 7.85. The number of rotatable bonds is 5. The van der Waals surface area contributed by atoms with Gasteiger partial charge < -0.3 is 5.32 Å². The molecule has 2 N–H and O–H groups in total. The van der Waals surface area contributed by atoms with Crippen molar-refractivity contribution in [2.75, 3.05) is 5.32 Å². The second-order valence-corrected chi connectivity index (χ2v) is 8.52. The number of halogens is 1. The van der Waals surface area contributed by atoms with E-state index in [9.17, 15) is 17.6 Å². The molecule has 0 aliphatic heterocycles. The van der Waals surface area contributed by atoms with E-state index in [1.807, 2.05) is 0 Å². The largest absolute Gasteiger partial charge is 0.326 e. The van der Waals surface area contributed by atoms with Crippen LogP contribution in [0.1, 0.15) is 39.5 Å². The van der Waals surface area contributed by atoms with Gasteiger partial charge in [-0.2, -0.15) is 0 Å². The zero-order valence-corrected chi connectivity index (χ0v) is 14.2. The zero-order chi connectivity index (χ0) is 17.0. The Balaban J connectivity index is 1.84. The van der Waals surface area contributed by atoms with E-state index in [1.165, 1.54) is 24.3 Å². The summed E-state index contributed by atoms with van der Waals surface area (Å²) in [6.07, 6.45) is 2.57. The molecule has 0 unspecified atom stereocenters. The summed E-state index contributed by atoms with van der Waals surface area (Å²) in [5, 5.41) is 2.32. The number of anilines is 1. The van der Waals surface area contributed by atoms with Crippen LogP contribution in [0.15, 0.2) is 24.3 Å². The lowest BCUT2D eigenvalue weighted by Gasteiger charge is -2.28. The molecule has 0 heterocycles. The van der Waals surface area contributed by atoms with Crippen LogP contribution in [0.3, 0.4) is 0 Å². The van der Waals surface area contributed by atoms with Crippen molar-refractivity contribution in [2.24, 2.45) is 5.92 Å². The van der Waals surface area contributed by atoms with E-state index in [0.29, 0.717) is 31.4 Å². The zero-order valence-electron chi connectivity index (χ0n) is 13.4. The van der Waals surface area contributed by atoms with Crippen LogP contribution in [0.5, 0.6) is 0 Å². The number of hydrogen-bond acceptors (Lipinski definition) is 3. The van der Waals surface area contributed by atoms with Gasteiger partial charge in [0.25, 0.3) is 0 Å². The molecule has 1 aliphatic carbocycles. The van der Waals surface area contributed by atoms with Gasteiger partial charge in [0.15, 0.2) is 0 Å². The van der Waals surface area contributed by atoms with Crippen LogP contribution in [0.25, 0.3) is 0 Å². The predicted molar refractivity (Wildman–Crippen MR) is 88.0 cm³/mol. The number of nitrogens with one attached hydrogen (secondary N) is 2. The molecule has 0 bridgehead atoms. The van der Waals surface area contributed by atoms with Gasteiger partial charge in [0.2, 0.25) is 15.9 Å². The van der Waals surface area contributed by atoms with Crippen molar-refractivity contribution >= 4 is 21.6 Å². The molecule has 0 saturated heterocycles. The molecular formula is C16H23FN2O3S. The molecule has 5 nitrogen and oxygen atoms in total. The molecule has 0 atom stereocenters. The summed E-state index contributed by atoms with van der Waals surface area (Å²) in [7, 11) is -3.27. The molecule has 0 spiro atoms. The van der Waals surface area contributed by atoms with Crippen LogP contribution < -0.4 is 10.0 Å². The van der Waals surface area contributed by atoms with Gasteiger partial charge in [-0.15, -0.1) is 0 Å². The number of carbonyl (C=O) groups excluding carboxylic acids is 1. The van der Waals surface area contributed by atoms with E-state index in [2.05, 4.69) is 10.0 Å². The fourth-order valence-corrected chi connectivity index (χ4v) is 3.59. The first-order chi connectivity index (χ1) is 10.8. The van der Waals surface area contributed by atoms with E-state index < -0.39 is 15.3 Å². The SMILES string of the molecule is CC(C)S(=O)(=O)N[C@H]1CC[C@H](C(=O)Nc2ccc(F)cc2)CC1. The van der Waals surface area contributed by atoms with Crippen molar-refractivity contribution in [3.63, 3.8) is 0 Å². The van der Waals surface area contributed by atoms with Crippen molar-refractivity contribution in [1.29, 1.82) is 0 Å². The molecular weight excluding hydrogens is 319 g/mol. The topological polar surface area (TPSA) is 75.3 Å². The van der Waals surface area contributed by atoms with Gasteiger partial charge in [-0.05, 0) is 63.8 Å². The summed E-state index contributed by atoms with van der Waals surface area (Å²) in [6.45, 7) is 3.29. The summed E-state index contributed by atoms with van der Waals surface area (Å²) in [4.78, 5) is 12.2. The van der Waals surface area contributed by atoms with Gasteiger partial charge in [-0.3, -0.25) is 4.79 Å². The maximum atomic E-state index is 12.8. The Morgan fingerprint density at radius 3 is 2.22 bits per heavy atom. The third-order valence-electron chi connectivity index (χ3n) is 4.16. The minimum absolute atomic E-state index is 0.0956. The maximum absolute atomic E-state index is 12.8. The van der Waals surface area contributed by atoms with E-state index in [1.54, 1.807) is 13.8 Å². The lowest BCUT2D eigenvalue weighted by atomic mass is 9.86. The minimum Gasteiger partial charge on any atom is -0.326 e. The molecule has 0 radical (unpaired) electrons. The molecule has 23 heavy (non-hydrogen) atoms. The smallest absolute Gasteiger partial charge is 0.227 e. The molecule has 7 heteroatoms. The van der Waals surface area contributed by atoms with Gasteiger partial charge >= 0.3 is 0 Å². The Hall–Kier alpha value is -1.47. The predicted octanol–water partition coefficient (Wildman–Crippen LogP) is 2.65. The van der Waals surface area contributed by atoms with Gasteiger partial charge in [0, 0.05) is 17.6 Å². The second kappa shape index (κ2) is 7.40. The molecule has 1 aromatic carbocycles. The first kappa shape index (κ1) is 17.9. The summed E-state index contributed by atoms with van der Waals surface area (Å²) in [6, 6.07) is 5.54.